The van der Waals surface area contributed by atoms with Crippen LogP contribution in [0.3, 0.4) is 0 Å². The molecule has 4 aromatic rings. The molecule has 0 spiro atoms. The van der Waals surface area contributed by atoms with Crippen molar-refractivity contribution < 1.29 is 27.4 Å². The third-order valence-electron chi connectivity index (χ3n) is 7.29. The van der Waals surface area contributed by atoms with E-state index in [9.17, 15) is 18.0 Å². The molecule has 4 nitrogen and oxygen atoms in total. The highest BCUT2D eigenvalue weighted by molar-refractivity contribution is 6.32. The molecule has 0 saturated heterocycles. The molecule has 0 amide bonds. The Bertz CT molecular complexity index is 1420. The van der Waals surface area contributed by atoms with Gasteiger partial charge in [0.15, 0.2) is 0 Å². The van der Waals surface area contributed by atoms with Crippen LogP contribution in [-0.2, 0) is 28.7 Å². The van der Waals surface area contributed by atoms with Gasteiger partial charge in [-0.1, -0.05) is 96.5 Å². The molecule has 0 fully saturated rings. The van der Waals surface area contributed by atoms with Gasteiger partial charge < -0.3 is 9.47 Å². The van der Waals surface area contributed by atoms with Crippen LogP contribution in [0.4, 0.5) is 13.2 Å². The minimum Gasteiger partial charge on any atom is -0.491 e. The molecule has 43 heavy (non-hydrogen) atoms. The summed E-state index contributed by atoms with van der Waals surface area (Å²) in [5, 5.41) is -0.275. The van der Waals surface area contributed by atoms with Crippen LogP contribution in [0.1, 0.15) is 47.1 Å². The van der Waals surface area contributed by atoms with Crippen LogP contribution in [0, 0.1) is 0 Å². The summed E-state index contributed by atoms with van der Waals surface area (Å²) in [5.74, 6) is 0.284. The monoisotopic (exact) mass is 609 g/mol. The molecule has 0 aromatic heterocycles. The molecule has 4 aromatic carbocycles. The molecule has 0 radical (unpaired) electrons. The number of hydrogen-bond donors (Lipinski definition) is 0. The lowest BCUT2D eigenvalue weighted by atomic mass is 9.90. The van der Waals surface area contributed by atoms with Gasteiger partial charge in [-0.2, -0.15) is 13.2 Å². The van der Waals surface area contributed by atoms with Crippen LogP contribution in [0.25, 0.3) is 0 Å². The third-order valence-corrected chi connectivity index (χ3v) is 7.73. The second kappa shape index (κ2) is 15.1. The van der Waals surface area contributed by atoms with Gasteiger partial charge in [0.05, 0.1) is 30.2 Å². The highest BCUT2D eigenvalue weighted by Gasteiger charge is 2.34. The summed E-state index contributed by atoms with van der Waals surface area (Å²) in [6, 6.07) is 31.5. The summed E-state index contributed by atoms with van der Waals surface area (Å²) in [6.07, 6.45) is -4.00. The standard InChI is InChI=1S/C35H35ClF3NO3/c1-25(43-30-17-9-11-26(21-30)22-33(41)42-2)19-20-40(23-29-16-10-18-32(34(29)36)35(37,38)39)24-31(27-12-5-3-6-13-27)28-14-7-4-8-15-28/h3-18,21,25,31H,19-20,22-24H2,1-2H3. The van der Waals surface area contributed by atoms with E-state index < -0.39 is 11.7 Å². The van der Waals surface area contributed by atoms with Gasteiger partial charge in [-0.25, -0.2) is 0 Å². The maximum Gasteiger partial charge on any atom is 0.417 e. The van der Waals surface area contributed by atoms with E-state index in [0.717, 1.165) is 22.8 Å². The molecule has 0 aliphatic rings. The average Bonchev–Trinajstić information content (AvgIpc) is 2.99. The maximum absolute atomic E-state index is 13.7. The fourth-order valence-electron chi connectivity index (χ4n) is 5.05. The number of nitrogens with zero attached hydrogens (tertiary/aromatic N) is 1. The average molecular weight is 610 g/mol. The van der Waals surface area contributed by atoms with Crippen LogP contribution in [0.2, 0.25) is 5.02 Å². The molecular weight excluding hydrogens is 575 g/mol. The molecule has 0 saturated carbocycles. The molecule has 1 unspecified atom stereocenters. The lowest BCUT2D eigenvalue weighted by molar-refractivity contribution is -0.140. The summed E-state index contributed by atoms with van der Waals surface area (Å²) in [6.45, 7) is 3.29. The topological polar surface area (TPSA) is 38.8 Å². The van der Waals surface area contributed by atoms with Gasteiger partial charge in [-0.3, -0.25) is 9.69 Å². The number of methoxy groups -OCH3 is 1. The Morgan fingerprint density at radius 1 is 0.884 bits per heavy atom. The number of rotatable bonds is 13. The van der Waals surface area contributed by atoms with Crippen molar-refractivity contribution in [3.05, 3.63) is 136 Å². The fraction of sp³-hybridized carbons (Fsp3) is 0.286. The van der Waals surface area contributed by atoms with E-state index in [-0.39, 0.29) is 36.0 Å². The molecule has 0 heterocycles. The quantitative estimate of drug-likeness (QED) is 0.142. The zero-order valence-corrected chi connectivity index (χ0v) is 24.9. The van der Waals surface area contributed by atoms with Gasteiger partial charge >= 0.3 is 12.1 Å². The third kappa shape index (κ3) is 9.34. The van der Waals surface area contributed by atoms with Crippen LogP contribution in [-0.4, -0.2) is 37.2 Å². The molecule has 226 valence electrons. The number of alkyl halides is 3. The molecular formula is C35H35ClF3NO3. The zero-order valence-electron chi connectivity index (χ0n) is 24.2. The number of halogens is 4. The predicted molar refractivity (Wildman–Crippen MR) is 163 cm³/mol. The van der Waals surface area contributed by atoms with E-state index in [1.807, 2.05) is 67.6 Å². The first-order valence-electron chi connectivity index (χ1n) is 14.1. The SMILES string of the molecule is COC(=O)Cc1cccc(OC(C)CCN(Cc2cccc(C(F)(F)F)c2Cl)CC(c2ccccc2)c2ccccc2)c1. The number of ether oxygens (including phenoxy) is 2. The minimum atomic E-state index is -4.54. The Morgan fingerprint density at radius 2 is 1.51 bits per heavy atom. The maximum atomic E-state index is 13.7. The van der Waals surface area contributed by atoms with E-state index in [1.54, 1.807) is 6.07 Å². The van der Waals surface area contributed by atoms with E-state index in [1.165, 1.54) is 13.2 Å². The molecule has 0 N–H and O–H groups in total. The van der Waals surface area contributed by atoms with Gasteiger partial charge in [-0.15, -0.1) is 0 Å². The first-order chi connectivity index (χ1) is 20.6. The van der Waals surface area contributed by atoms with E-state index in [0.29, 0.717) is 30.8 Å². The van der Waals surface area contributed by atoms with Gasteiger partial charge in [-0.05, 0) is 53.8 Å². The van der Waals surface area contributed by atoms with E-state index >= 15 is 0 Å². The summed E-state index contributed by atoms with van der Waals surface area (Å²) >= 11 is 6.34. The van der Waals surface area contributed by atoms with Crippen molar-refractivity contribution in [2.45, 2.75) is 44.5 Å². The van der Waals surface area contributed by atoms with E-state index in [2.05, 4.69) is 29.2 Å². The second-order valence-corrected chi connectivity index (χ2v) is 10.9. The molecule has 0 aliphatic carbocycles. The van der Waals surface area contributed by atoms with Crippen molar-refractivity contribution in [3.63, 3.8) is 0 Å². The van der Waals surface area contributed by atoms with Gasteiger partial charge in [0, 0.05) is 25.6 Å². The predicted octanol–water partition coefficient (Wildman–Crippen LogP) is 8.57. The van der Waals surface area contributed by atoms with Crippen molar-refractivity contribution >= 4 is 17.6 Å². The second-order valence-electron chi connectivity index (χ2n) is 10.5. The van der Waals surface area contributed by atoms with Crippen molar-refractivity contribution in [2.24, 2.45) is 0 Å². The number of carbonyl (C=O) groups is 1. The lowest BCUT2D eigenvalue weighted by Crippen LogP contribution is -2.32. The Kier molecular flexibility index (Phi) is 11.3. The summed E-state index contributed by atoms with van der Waals surface area (Å²) < 4.78 is 51.9. The molecule has 0 bridgehead atoms. The van der Waals surface area contributed by atoms with Crippen molar-refractivity contribution in [2.75, 3.05) is 20.2 Å². The molecule has 1 atom stereocenters. The highest BCUT2D eigenvalue weighted by Crippen LogP contribution is 2.37. The smallest absolute Gasteiger partial charge is 0.417 e. The Labute approximate surface area is 256 Å². The number of esters is 1. The van der Waals surface area contributed by atoms with Crippen molar-refractivity contribution in [1.29, 1.82) is 0 Å². The highest BCUT2D eigenvalue weighted by atomic mass is 35.5. The number of benzene rings is 4. The first-order valence-corrected chi connectivity index (χ1v) is 14.5. The van der Waals surface area contributed by atoms with Gasteiger partial charge in [0.2, 0.25) is 0 Å². The summed E-state index contributed by atoms with van der Waals surface area (Å²) in [5.41, 5.74) is 2.59. The van der Waals surface area contributed by atoms with Gasteiger partial charge in [0.1, 0.15) is 5.75 Å². The number of hydrogen-bond acceptors (Lipinski definition) is 4. The van der Waals surface area contributed by atoms with Crippen molar-refractivity contribution in [3.8, 4) is 5.75 Å². The molecule has 0 aliphatic heterocycles. The van der Waals surface area contributed by atoms with Gasteiger partial charge in [0.25, 0.3) is 0 Å². The summed E-state index contributed by atoms with van der Waals surface area (Å²) in [4.78, 5) is 13.8. The fourth-order valence-corrected chi connectivity index (χ4v) is 5.34. The van der Waals surface area contributed by atoms with E-state index in [4.69, 9.17) is 21.1 Å². The Morgan fingerprint density at radius 3 is 2.12 bits per heavy atom. The largest absolute Gasteiger partial charge is 0.491 e. The van der Waals surface area contributed by atoms with Crippen LogP contribution < -0.4 is 4.74 Å². The zero-order chi connectivity index (χ0) is 30.8. The first kappa shape index (κ1) is 32.1. The normalized spacial score (nSPS) is 12.4. The Balaban J connectivity index is 1.57. The minimum absolute atomic E-state index is 0.0156. The lowest BCUT2D eigenvalue weighted by Gasteiger charge is -2.30. The summed E-state index contributed by atoms with van der Waals surface area (Å²) in [7, 11) is 1.35. The van der Waals surface area contributed by atoms with Crippen LogP contribution >= 0.6 is 11.6 Å². The number of carbonyl (C=O) groups excluding carboxylic acids is 1. The molecule has 4 rings (SSSR count). The van der Waals surface area contributed by atoms with Crippen LogP contribution in [0.15, 0.2) is 103 Å². The molecule has 8 heteroatoms. The van der Waals surface area contributed by atoms with Crippen LogP contribution in [0.5, 0.6) is 5.75 Å². The Hall–Kier alpha value is -3.81. The van der Waals surface area contributed by atoms with Crippen molar-refractivity contribution in [1.82, 2.24) is 4.90 Å².